The van der Waals surface area contributed by atoms with Gasteiger partial charge in [0.25, 0.3) is 0 Å². The van der Waals surface area contributed by atoms with Crippen LogP contribution in [0.3, 0.4) is 0 Å². The molecule has 0 aromatic carbocycles. The zero-order valence-corrected chi connectivity index (χ0v) is 5.56. The molecule has 1 aliphatic heterocycles. The molecule has 1 aliphatic rings. The Morgan fingerprint density at radius 3 is 2.56 bits per heavy atom. The van der Waals surface area contributed by atoms with Gasteiger partial charge in [0.15, 0.2) is 0 Å². The van der Waals surface area contributed by atoms with Crippen LogP contribution in [-0.2, 0) is 0 Å². The van der Waals surface area contributed by atoms with E-state index in [9.17, 15) is 0 Å². The first-order valence-electron chi connectivity index (χ1n) is 3.37. The van der Waals surface area contributed by atoms with Gasteiger partial charge in [-0.2, -0.15) is 0 Å². The van der Waals surface area contributed by atoms with Crippen molar-refractivity contribution >= 4 is 0 Å². The molecule has 0 aliphatic carbocycles. The topological polar surface area (TPSA) is 29.3 Å². The molecule has 1 rings (SSSR count). The Labute approximate surface area is 56.0 Å². The first-order valence-corrected chi connectivity index (χ1v) is 3.37. The third-order valence-corrected chi connectivity index (χ3v) is 1.45. The standard InChI is InChI=1S/C7H12N2/c8-4-3-7-9-5-1-2-6-9/h1-2,4-6,8H2. The Kier molecular flexibility index (Phi) is 2.41. The van der Waals surface area contributed by atoms with E-state index in [1.807, 2.05) is 0 Å². The highest BCUT2D eigenvalue weighted by Crippen LogP contribution is 2.04. The summed E-state index contributed by atoms with van der Waals surface area (Å²) in [4.78, 5) is 2.13. The summed E-state index contributed by atoms with van der Waals surface area (Å²) >= 11 is 0. The van der Waals surface area contributed by atoms with E-state index in [1.54, 1.807) is 0 Å². The van der Waals surface area contributed by atoms with Crippen LogP contribution in [-0.4, -0.2) is 24.5 Å². The second kappa shape index (κ2) is 3.37. The largest absolute Gasteiger partial charge is 0.333 e. The summed E-state index contributed by atoms with van der Waals surface area (Å²) in [7, 11) is 0. The number of hydrogen-bond acceptors (Lipinski definition) is 2. The third-order valence-electron chi connectivity index (χ3n) is 1.45. The third kappa shape index (κ3) is 1.95. The summed E-state index contributed by atoms with van der Waals surface area (Å²) in [5, 5.41) is 0. The van der Waals surface area contributed by atoms with Crippen molar-refractivity contribution in [2.24, 2.45) is 5.73 Å². The molecule has 2 nitrogen and oxygen atoms in total. The molecular weight excluding hydrogens is 112 g/mol. The summed E-state index contributed by atoms with van der Waals surface area (Å²) < 4.78 is 0. The molecule has 50 valence electrons. The Morgan fingerprint density at radius 1 is 1.33 bits per heavy atom. The maximum Gasteiger partial charge on any atom is 0.0569 e. The molecule has 1 saturated heterocycles. The van der Waals surface area contributed by atoms with E-state index in [-0.39, 0.29) is 0 Å². The maximum atomic E-state index is 5.21. The molecule has 0 radical (unpaired) electrons. The van der Waals surface area contributed by atoms with Crippen LogP contribution >= 0.6 is 0 Å². The molecule has 2 N–H and O–H groups in total. The van der Waals surface area contributed by atoms with Gasteiger partial charge in [0.2, 0.25) is 0 Å². The molecule has 0 amide bonds. The smallest absolute Gasteiger partial charge is 0.0569 e. The van der Waals surface area contributed by atoms with Crippen LogP contribution in [0.15, 0.2) is 0 Å². The number of likely N-dealkylation sites (tertiary alicyclic amines) is 1. The van der Waals surface area contributed by atoms with Gasteiger partial charge >= 0.3 is 0 Å². The fraction of sp³-hybridized carbons (Fsp3) is 0.714. The number of hydrogen-bond donors (Lipinski definition) is 1. The monoisotopic (exact) mass is 124 g/mol. The van der Waals surface area contributed by atoms with Crippen LogP contribution in [0.1, 0.15) is 12.8 Å². The van der Waals surface area contributed by atoms with Crippen LogP contribution < -0.4 is 5.73 Å². The van der Waals surface area contributed by atoms with Crippen molar-refractivity contribution in [2.75, 3.05) is 19.6 Å². The lowest BCUT2D eigenvalue weighted by Gasteiger charge is -2.04. The first-order chi connectivity index (χ1) is 4.43. The average Bonchev–Trinajstić information content (AvgIpc) is 2.34. The van der Waals surface area contributed by atoms with E-state index in [0.717, 1.165) is 13.1 Å². The Bertz CT molecular complexity index is 126. The predicted octanol–water partition coefficient (Wildman–Crippen LogP) is 0.00180. The van der Waals surface area contributed by atoms with Crippen LogP contribution in [0.2, 0.25) is 0 Å². The fourth-order valence-electron chi connectivity index (χ4n) is 0.986. The fourth-order valence-corrected chi connectivity index (χ4v) is 0.986. The lowest BCUT2D eigenvalue weighted by atomic mass is 10.4. The second-order valence-electron chi connectivity index (χ2n) is 2.19. The summed E-state index contributed by atoms with van der Waals surface area (Å²) in [6.45, 7) is 2.75. The highest BCUT2D eigenvalue weighted by Gasteiger charge is 2.05. The Balaban J connectivity index is 2.26. The summed E-state index contributed by atoms with van der Waals surface area (Å²) in [5.74, 6) is 2.84. The number of nitrogens with two attached hydrogens (primary N) is 1. The van der Waals surface area contributed by atoms with Gasteiger partial charge in [-0.3, -0.25) is 0 Å². The molecule has 1 heterocycles. The number of nitrogens with zero attached hydrogens (tertiary/aromatic N) is 1. The van der Waals surface area contributed by atoms with Crippen LogP contribution in [0.5, 0.6) is 0 Å². The average molecular weight is 124 g/mol. The molecule has 0 saturated carbocycles. The summed E-state index contributed by atoms with van der Waals surface area (Å²) in [6.07, 6.45) is 2.58. The zero-order chi connectivity index (χ0) is 6.53. The molecule has 0 aromatic rings. The normalized spacial score (nSPS) is 17.2. The highest BCUT2D eigenvalue weighted by atomic mass is 15.1. The van der Waals surface area contributed by atoms with E-state index < -0.39 is 0 Å². The van der Waals surface area contributed by atoms with Gasteiger partial charge < -0.3 is 10.6 Å². The molecular formula is C7H12N2. The quantitative estimate of drug-likeness (QED) is 0.461. The van der Waals surface area contributed by atoms with Gasteiger partial charge in [-0.15, -0.1) is 0 Å². The maximum absolute atomic E-state index is 5.21. The molecule has 1 fully saturated rings. The van der Waals surface area contributed by atoms with Gasteiger partial charge in [-0.1, -0.05) is 5.92 Å². The van der Waals surface area contributed by atoms with Crippen LogP contribution in [0.25, 0.3) is 0 Å². The van der Waals surface area contributed by atoms with Gasteiger partial charge in [0, 0.05) is 19.1 Å². The predicted molar refractivity (Wildman–Crippen MR) is 37.6 cm³/mol. The van der Waals surface area contributed by atoms with E-state index in [2.05, 4.69) is 16.9 Å². The number of rotatable bonds is 0. The van der Waals surface area contributed by atoms with E-state index >= 15 is 0 Å². The highest BCUT2D eigenvalue weighted by molar-refractivity contribution is 5.00. The van der Waals surface area contributed by atoms with E-state index in [1.165, 1.54) is 12.8 Å². The Hall–Kier alpha value is -0.680. The van der Waals surface area contributed by atoms with Gasteiger partial charge in [-0.25, -0.2) is 0 Å². The minimum absolute atomic E-state index is 0.483. The lowest BCUT2D eigenvalue weighted by molar-refractivity contribution is 0.496. The van der Waals surface area contributed by atoms with Gasteiger partial charge in [0.05, 0.1) is 6.54 Å². The van der Waals surface area contributed by atoms with E-state index in [0.29, 0.717) is 6.54 Å². The first kappa shape index (κ1) is 6.44. The summed E-state index contributed by atoms with van der Waals surface area (Å²) in [5.41, 5.74) is 5.21. The molecule has 0 bridgehead atoms. The Morgan fingerprint density at radius 2 is 2.00 bits per heavy atom. The summed E-state index contributed by atoms with van der Waals surface area (Å²) in [6, 6.07) is 2.99. The van der Waals surface area contributed by atoms with Crippen LogP contribution in [0, 0.1) is 12.0 Å². The SMILES string of the molecule is NCC#CN1CCCC1. The molecule has 2 heteroatoms. The molecule has 0 unspecified atom stereocenters. The molecule has 9 heavy (non-hydrogen) atoms. The van der Waals surface area contributed by atoms with Crippen molar-refractivity contribution in [2.45, 2.75) is 12.8 Å². The minimum Gasteiger partial charge on any atom is -0.333 e. The van der Waals surface area contributed by atoms with Crippen molar-refractivity contribution in [1.82, 2.24) is 4.90 Å². The molecule has 0 aromatic heterocycles. The van der Waals surface area contributed by atoms with Crippen LogP contribution in [0.4, 0.5) is 0 Å². The minimum atomic E-state index is 0.483. The van der Waals surface area contributed by atoms with E-state index in [4.69, 9.17) is 5.73 Å². The van der Waals surface area contributed by atoms with Crippen molar-refractivity contribution < 1.29 is 0 Å². The molecule has 0 spiro atoms. The van der Waals surface area contributed by atoms with Gasteiger partial charge in [0.1, 0.15) is 0 Å². The van der Waals surface area contributed by atoms with Crippen molar-refractivity contribution in [3.63, 3.8) is 0 Å². The lowest BCUT2D eigenvalue weighted by Crippen LogP contribution is -2.11. The molecule has 0 atom stereocenters. The second-order valence-corrected chi connectivity index (χ2v) is 2.19. The van der Waals surface area contributed by atoms with Gasteiger partial charge in [-0.05, 0) is 12.8 Å². The van der Waals surface area contributed by atoms with Crippen molar-refractivity contribution in [1.29, 1.82) is 0 Å². The van der Waals surface area contributed by atoms with Crippen molar-refractivity contribution in [3.8, 4) is 12.0 Å². The zero-order valence-electron chi connectivity index (χ0n) is 5.56. The van der Waals surface area contributed by atoms with Crippen molar-refractivity contribution in [3.05, 3.63) is 0 Å².